The Labute approximate surface area is 168 Å². The van der Waals surface area contributed by atoms with Crippen molar-refractivity contribution in [2.24, 2.45) is 16.7 Å². The molecule has 0 radical (unpaired) electrons. The number of fused-ring (bicyclic) bond motifs is 4. The van der Waals surface area contributed by atoms with Crippen LogP contribution in [0.3, 0.4) is 0 Å². The highest BCUT2D eigenvalue weighted by Gasteiger charge is 2.56. The van der Waals surface area contributed by atoms with Crippen LogP contribution >= 0.6 is 0 Å². The monoisotopic (exact) mass is 386 g/mol. The van der Waals surface area contributed by atoms with E-state index in [9.17, 15) is 14.7 Å². The van der Waals surface area contributed by atoms with Gasteiger partial charge in [-0.1, -0.05) is 31.1 Å². The maximum absolute atomic E-state index is 12.0. The van der Waals surface area contributed by atoms with Crippen molar-refractivity contribution in [2.45, 2.75) is 90.8 Å². The summed E-state index contributed by atoms with van der Waals surface area (Å²) in [6, 6.07) is 0.220. The van der Waals surface area contributed by atoms with Crippen molar-refractivity contribution < 1.29 is 14.7 Å². The first kappa shape index (κ1) is 19.7. The van der Waals surface area contributed by atoms with Crippen LogP contribution < -0.4 is 10.6 Å². The van der Waals surface area contributed by atoms with E-state index in [0.29, 0.717) is 5.92 Å². The molecule has 0 aromatic rings. The number of aliphatic hydroxyl groups excluding tert-OH is 1. The molecule has 0 saturated heterocycles. The molecule has 0 heterocycles. The van der Waals surface area contributed by atoms with Crippen LogP contribution in [0.15, 0.2) is 22.8 Å². The summed E-state index contributed by atoms with van der Waals surface area (Å²) in [6.07, 6.45) is 8.40. The highest BCUT2D eigenvalue weighted by Crippen LogP contribution is 2.62. The second-order valence-electron chi connectivity index (χ2n) is 9.91. The van der Waals surface area contributed by atoms with Crippen LogP contribution in [0.2, 0.25) is 0 Å². The summed E-state index contributed by atoms with van der Waals surface area (Å²) in [4.78, 5) is 23.8. The van der Waals surface area contributed by atoms with Gasteiger partial charge in [-0.05, 0) is 61.9 Å². The van der Waals surface area contributed by atoms with E-state index in [1.807, 2.05) is 6.08 Å². The quantitative estimate of drug-likeness (QED) is 0.639. The number of rotatable bonds is 2. The molecule has 3 N–H and O–H groups in total. The molecule has 5 heteroatoms. The number of hydrogen-bond donors (Lipinski definition) is 3. The second kappa shape index (κ2) is 6.72. The highest BCUT2D eigenvalue weighted by molar-refractivity contribution is 5.74. The van der Waals surface area contributed by atoms with Crippen molar-refractivity contribution >= 4 is 11.8 Å². The van der Waals surface area contributed by atoms with E-state index in [4.69, 9.17) is 0 Å². The maximum atomic E-state index is 12.0. The summed E-state index contributed by atoms with van der Waals surface area (Å²) in [5.41, 5.74) is 4.29. The van der Waals surface area contributed by atoms with Gasteiger partial charge in [0.2, 0.25) is 11.8 Å². The lowest BCUT2D eigenvalue weighted by molar-refractivity contribution is -0.120. The van der Waals surface area contributed by atoms with E-state index < -0.39 is 0 Å². The molecule has 0 aromatic carbocycles. The van der Waals surface area contributed by atoms with Crippen LogP contribution in [-0.2, 0) is 9.59 Å². The van der Waals surface area contributed by atoms with Crippen LogP contribution in [0.1, 0.15) is 72.6 Å². The van der Waals surface area contributed by atoms with Gasteiger partial charge in [-0.15, -0.1) is 0 Å². The Kier molecular flexibility index (Phi) is 4.72. The third-order valence-corrected chi connectivity index (χ3v) is 8.24. The molecule has 1 saturated carbocycles. The van der Waals surface area contributed by atoms with Gasteiger partial charge in [0.25, 0.3) is 0 Å². The molecule has 2 amide bonds. The zero-order chi connectivity index (χ0) is 20.3. The van der Waals surface area contributed by atoms with Crippen molar-refractivity contribution in [3.05, 3.63) is 22.8 Å². The van der Waals surface area contributed by atoms with Crippen molar-refractivity contribution in [1.29, 1.82) is 0 Å². The topological polar surface area (TPSA) is 78.4 Å². The molecule has 0 aromatic heterocycles. The van der Waals surface area contributed by atoms with Crippen LogP contribution in [0.4, 0.5) is 0 Å². The predicted molar refractivity (Wildman–Crippen MR) is 108 cm³/mol. The standard InChI is InChI=1S/C23H34N2O3/c1-13(26)24-19-12-15-11-16(28)7-9-22(15,3)18-8-10-23(4)17(21(18)19)5-6-20(23)25-14(2)27/h11,16-17,19-20,28H,5-10,12H2,1-4H3,(H,24,26)(H,25,27)/t16-,17-,19-,20-,22-,23-/m0/s1. The minimum atomic E-state index is -0.368. The number of nitrogens with one attached hydrogen (secondary N) is 2. The molecular weight excluding hydrogens is 352 g/mol. The molecule has 4 aliphatic rings. The van der Waals surface area contributed by atoms with Gasteiger partial charge in [0, 0.05) is 25.3 Å². The first-order chi connectivity index (χ1) is 13.1. The Balaban J connectivity index is 1.79. The summed E-state index contributed by atoms with van der Waals surface area (Å²) in [7, 11) is 0. The van der Waals surface area contributed by atoms with Crippen LogP contribution in [0.25, 0.3) is 0 Å². The average Bonchev–Trinajstić information content (AvgIpc) is 2.92. The lowest BCUT2D eigenvalue weighted by Crippen LogP contribution is -2.52. The Bertz CT molecular complexity index is 770. The first-order valence-electron chi connectivity index (χ1n) is 10.8. The van der Waals surface area contributed by atoms with Crippen molar-refractivity contribution in [3.8, 4) is 0 Å². The SMILES string of the molecule is CC(=O)N[C@H]1CC2=C[C@@H](O)CC[C@]2(C)C2=C1[C@@H]1CC[C@H](NC(C)=O)[C@@]1(C)CC2. The van der Waals surface area contributed by atoms with Crippen LogP contribution in [0, 0.1) is 16.7 Å². The van der Waals surface area contributed by atoms with E-state index in [-0.39, 0.29) is 40.8 Å². The summed E-state index contributed by atoms with van der Waals surface area (Å²) >= 11 is 0. The molecule has 1 fully saturated rings. The molecule has 4 aliphatic carbocycles. The van der Waals surface area contributed by atoms with E-state index in [1.165, 1.54) is 16.7 Å². The van der Waals surface area contributed by atoms with Gasteiger partial charge < -0.3 is 15.7 Å². The highest BCUT2D eigenvalue weighted by atomic mass is 16.3. The summed E-state index contributed by atoms with van der Waals surface area (Å²) < 4.78 is 0. The smallest absolute Gasteiger partial charge is 0.217 e. The first-order valence-corrected chi connectivity index (χ1v) is 10.8. The number of carbonyl (C=O) groups is 2. The molecule has 0 bridgehead atoms. The molecule has 154 valence electrons. The third kappa shape index (κ3) is 2.94. The fourth-order valence-corrected chi connectivity index (χ4v) is 6.81. The molecule has 6 atom stereocenters. The van der Waals surface area contributed by atoms with Crippen LogP contribution in [0.5, 0.6) is 0 Å². The number of amides is 2. The normalized spacial score (nSPS) is 42.1. The van der Waals surface area contributed by atoms with Gasteiger partial charge in [0.15, 0.2) is 0 Å². The molecule has 28 heavy (non-hydrogen) atoms. The Morgan fingerprint density at radius 2 is 1.79 bits per heavy atom. The zero-order valence-corrected chi connectivity index (χ0v) is 17.6. The van der Waals surface area contributed by atoms with E-state index in [2.05, 4.69) is 24.5 Å². The number of carbonyl (C=O) groups excluding carboxylic acids is 2. The summed E-state index contributed by atoms with van der Waals surface area (Å²) in [6.45, 7) is 7.87. The van der Waals surface area contributed by atoms with Crippen molar-refractivity contribution in [3.63, 3.8) is 0 Å². The zero-order valence-electron chi connectivity index (χ0n) is 17.6. The lowest BCUT2D eigenvalue weighted by Gasteiger charge is -2.54. The molecule has 0 aliphatic heterocycles. The minimum absolute atomic E-state index is 0.00101. The van der Waals surface area contributed by atoms with Crippen molar-refractivity contribution in [1.82, 2.24) is 10.6 Å². The number of aliphatic hydroxyl groups is 1. The minimum Gasteiger partial charge on any atom is -0.389 e. The Morgan fingerprint density at radius 1 is 1.07 bits per heavy atom. The van der Waals surface area contributed by atoms with Crippen LogP contribution in [-0.4, -0.2) is 35.1 Å². The van der Waals surface area contributed by atoms with Crippen molar-refractivity contribution in [2.75, 3.05) is 0 Å². The van der Waals surface area contributed by atoms with E-state index in [0.717, 1.165) is 44.9 Å². The van der Waals surface area contributed by atoms with Gasteiger partial charge in [-0.2, -0.15) is 0 Å². The van der Waals surface area contributed by atoms with Gasteiger partial charge in [-0.25, -0.2) is 0 Å². The maximum Gasteiger partial charge on any atom is 0.217 e. The third-order valence-electron chi connectivity index (χ3n) is 8.24. The molecule has 5 nitrogen and oxygen atoms in total. The fourth-order valence-electron chi connectivity index (χ4n) is 6.81. The number of allylic oxidation sites excluding steroid dienone is 1. The summed E-state index contributed by atoms with van der Waals surface area (Å²) in [5.74, 6) is 0.448. The lowest BCUT2D eigenvalue weighted by atomic mass is 9.53. The average molecular weight is 387 g/mol. The Hall–Kier alpha value is -1.62. The fraction of sp³-hybridized carbons (Fsp3) is 0.739. The van der Waals surface area contributed by atoms with Gasteiger partial charge in [-0.3, -0.25) is 9.59 Å². The van der Waals surface area contributed by atoms with E-state index >= 15 is 0 Å². The molecular formula is C23H34N2O3. The van der Waals surface area contributed by atoms with Gasteiger partial charge in [0.1, 0.15) is 0 Å². The number of hydrogen-bond acceptors (Lipinski definition) is 3. The molecule has 0 spiro atoms. The van der Waals surface area contributed by atoms with Gasteiger partial charge in [0.05, 0.1) is 12.1 Å². The summed E-state index contributed by atoms with van der Waals surface area (Å²) in [5, 5.41) is 16.7. The van der Waals surface area contributed by atoms with E-state index in [1.54, 1.807) is 13.8 Å². The second-order valence-corrected chi connectivity index (χ2v) is 9.91. The Morgan fingerprint density at radius 3 is 2.46 bits per heavy atom. The predicted octanol–water partition coefficient (Wildman–Crippen LogP) is 2.99. The van der Waals surface area contributed by atoms with Gasteiger partial charge >= 0.3 is 0 Å². The largest absolute Gasteiger partial charge is 0.389 e. The molecule has 0 unspecified atom stereocenters. The molecule has 4 rings (SSSR count).